The molecule has 0 saturated carbocycles. The number of amides is 1. The van der Waals surface area contributed by atoms with Crippen LogP contribution in [0.1, 0.15) is 16.1 Å². The van der Waals surface area contributed by atoms with E-state index in [4.69, 9.17) is 11.6 Å². The molecule has 2 N–H and O–H groups in total. The number of sulfonamides is 1. The Morgan fingerprint density at radius 3 is 2.39 bits per heavy atom. The van der Waals surface area contributed by atoms with Gasteiger partial charge in [0.05, 0.1) is 16.1 Å². The van der Waals surface area contributed by atoms with Crippen LogP contribution in [-0.2, 0) is 16.4 Å². The number of halogens is 1. The molecule has 0 saturated heterocycles. The molecule has 28 heavy (non-hydrogen) atoms. The number of carbonyl (C=O) groups is 1. The largest absolute Gasteiger partial charge is 0.352 e. The SMILES string of the molecule is O=C(NCCc1ccccn1)c1ccccc1NS(=O)(=O)c1ccc(Cl)cc1. The van der Waals surface area contributed by atoms with Crippen LogP contribution in [0.5, 0.6) is 0 Å². The Bertz CT molecular complexity index is 1060. The van der Waals surface area contributed by atoms with Crippen molar-refractivity contribution in [3.63, 3.8) is 0 Å². The van der Waals surface area contributed by atoms with Crippen molar-refractivity contribution in [3.05, 3.63) is 89.2 Å². The number of anilines is 1. The first-order valence-corrected chi connectivity index (χ1v) is 10.4. The summed E-state index contributed by atoms with van der Waals surface area (Å²) in [5.41, 5.74) is 1.30. The lowest BCUT2D eigenvalue weighted by molar-refractivity contribution is 0.0955. The van der Waals surface area contributed by atoms with E-state index in [2.05, 4.69) is 15.0 Å². The summed E-state index contributed by atoms with van der Waals surface area (Å²) in [4.78, 5) is 16.8. The summed E-state index contributed by atoms with van der Waals surface area (Å²) >= 11 is 5.81. The third kappa shape index (κ3) is 5.09. The molecule has 3 aromatic rings. The van der Waals surface area contributed by atoms with E-state index in [0.717, 1.165) is 5.69 Å². The van der Waals surface area contributed by atoms with E-state index in [1.807, 2.05) is 18.2 Å². The highest BCUT2D eigenvalue weighted by molar-refractivity contribution is 7.92. The van der Waals surface area contributed by atoms with Crippen LogP contribution >= 0.6 is 11.6 Å². The summed E-state index contributed by atoms with van der Waals surface area (Å²) in [5.74, 6) is -0.370. The number of para-hydroxylation sites is 1. The van der Waals surface area contributed by atoms with Crippen molar-refractivity contribution >= 4 is 33.2 Å². The summed E-state index contributed by atoms with van der Waals surface area (Å²) in [6.45, 7) is 0.383. The highest BCUT2D eigenvalue weighted by Gasteiger charge is 2.18. The van der Waals surface area contributed by atoms with Crippen molar-refractivity contribution in [1.82, 2.24) is 10.3 Å². The highest BCUT2D eigenvalue weighted by atomic mass is 35.5. The Morgan fingerprint density at radius 1 is 0.964 bits per heavy atom. The van der Waals surface area contributed by atoms with Crippen molar-refractivity contribution in [1.29, 1.82) is 0 Å². The molecule has 0 aliphatic rings. The van der Waals surface area contributed by atoms with Gasteiger partial charge in [0.25, 0.3) is 15.9 Å². The summed E-state index contributed by atoms with van der Waals surface area (Å²) < 4.78 is 27.7. The smallest absolute Gasteiger partial charge is 0.261 e. The van der Waals surface area contributed by atoms with E-state index in [9.17, 15) is 13.2 Å². The number of benzene rings is 2. The second-order valence-electron chi connectivity index (χ2n) is 5.93. The summed E-state index contributed by atoms with van der Waals surface area (Å²) in [6, 6.07) is 17.8. The number of hydrogen-bond donors (Lipinski definition) is 2. The van der Waals surface area contributed by atoms with E-state index < -0.39 is 10.0 Å². The van der Waals surface area contributed by atoms with Gasteiger partial charge in [-0.2, -0.15) is 0 Å². The van der Waals surface area contributed by atoms with Gasteiger partial charge >= 0.3 is 0 Å². The first-order valence-electron chi connectivity index (χ1n) is 8.51. The molecular formula is C20H18ClN3O3S. The van der Waals surface area contributed by atoms with Gasteiger partial charge < -0.3 is 5.32 Å². The Kier molecular flexibility index (Phi) is 6.28. The molecule has 0 spiro atoms. The van der Waals surface area contributed by atoms with E-state index in [1.165, 1.54) is 24.3 Å². The van der Waals surface area contributed by atoms with E-state index in [-0.39, 0.29) is 22.1 Å². The molecule has 0 aliphatic heterocycles. The van der Waals surface area contributed by atoms with Gasteiger partial charge in [-0.25, -0.2) is 8.42 Å². The zero-order chi connectivity index (χ0) is 20.0. The van der Waals surface area contributed by atoms with Gasteiger partial charge in [-0.05, 0) is 48.5 Å². The average molecular weight is 416 g/mol. The van der Waals surface area contributed by atoms with Gasteiger partial charge in [-0.1, -0.05) is 29.8 Å². The van der Waals surface area contributed by atoms with Crippen molar-refractivity contribution in [3.8, 4) is 0 Å². The zero-order valence-electron chi connectivity index (χ0n) is 14.8. The Balaban J connectivity index is 1.71. The maximum Gasteiger partial charge on any atom is 0.261 e. The molecule has 144 valence electrons. The maximum absolute atomic E-state index is 12.6. The second kappa shape index (κ2) is 8.86. The first-order chi connectivity index (χ1) is 13.5. The van der Waals surface area contributed by atoms with Crippen LogP contribution in [0.25, 0.3) is 0 Å². The molecule has 3 rings (SSSR count). The number of nitrogens with one attached hydrogen (secondary N) is 2. The van der Waals surface area contributed by atoms with Gasteiger partial charge in [-0.15, -0.1) is 0 Å². The number of hydrogen-bond acceptors (Lipinski definition) is 4. The topological polar surface area (TPSA) is 88.2 Å². The highest BCUT2D eigenvalue weighted by Crippen LogP contribution is 2.21. The van der Waals surface area contributed by atoms with Crippen LogP contribution in [0, 0.1) is 0 Å². The normalized spacial score (nSPS) is 11.0. The lowest BCUT2D eigenvalue weighted by Crippen LogP contribution is -2.27. The van der Waals surface area contributed by atoms with E-state index in [1.54, 1.807) is 30.5 Å². The molecule has 8 heteroatoms. The number of pyridine rings is 1. The fraction of sp³-hybridized carbons (Fsp3) is 0.100. The van der Waals surface area contributed by atoms with Gasteiger partial charge in [0.1, 0.15) is 0 Å². The van der Waals surface area contributed by atoms with Crippen molar-refractivity contribution in [2.24, 2.45) is 0 Å². The monoisotopic (exact) mass is 415 g/mol. The minimum atomic E-state index is -3.85. The number of rotatable bonds is 7. The molecular weight excluding hydrogens is 398 g/mol. The van der Waals surface area contributed by atoms with Crippen LogP contribution < -0.4 is 10.0 Å². The molecule has 0 unspecified atom stereocenters. The molecule has 0 radical (unpaired) electrons. The molecule has 0 aliphatic carbocycles. The predicted molar refractivity (Wildman–Crippen MR) is 109 cm³/mol. The first kappa shape index (κ1) is 19.9. The van der Waals surface area contributed by atoms with Gasteiger partial charge in [0.15, 0.2) is 0 Å². The fourth-order valence-corrected chi connectivity index (χ4v) is 3.74. The van der Waals surface area contributed by atoms with Gasteiger partial charge in [0, 0.05) is 29.9 Å². The molecule has 1 amide bonds. The van der Waals surface area contributed by atoms with Gasteiger partial charge in [-0.3, -0.25) is 14.5 Å². The van der Waals surface area contributed by atoms with Gasteiger partial charge in [0.2, 0.25) is 0 Å². The molecule has 0 atom stereocenters. The van der Waals surface area contributed by atoms with Crippen molar-refractivity contribution < 1.29 is 13.2 Å². The third-order valence-corrected chi connectivity index (χ3v) is 5.57. The Morgan fingerprint density at radius 2 is 1.68 bits per heavy atom. The molecule has 0 bridgehead atoms. The van der Waals surface area contributed by atoms with Crippen molar-refractivity contribution in [2.45, 2.75) is 11.3 Å². The minimum absolute atomic E-state index is 0.0577. The second-order valence-corrected chi connectivity index (χ2v) is 8.05. The van der Waals surface area contributed by atoms with Crippen LogP contribution in [-0.4, -0.2) is 25.9 Å². The predicted octanol–water partition coefficient (Wildman–Crippen LogP) is 3.51. The molecule has 0 fully saturated rings. The van der Waals surface area contributed by atoms with Crippen molar-refractivity contribution in [2.75, 3.05) is 11.3 Å². The zero-order valence-corrected chi connectivity index (χ0v) is 16.4. The molecule has 2 aromatic carbocycles. The number of aromatic nitrogens is 1. The number of nitrogens with zero attached hydrogens (tertiary/aromatic N) is 1. The lowest BCUT2D eigenvalue weighted by Gasteiger charge is -2.13. The quantitative estimate of drug-likeness (QED) is 0.618. The van der Waals surface area contributed by atoms with Crippen LogP contribution in [0.4, 0.5) is 5.69 Å². The summed E-state index contributed by atoms with van der Waals surface area (Å²) in [6.07, 6.45) is 2.27. The summed E-state index contributed by atoms with van der Waals surface area (Å²) in [5, 5.41) is 3.23. The average Bonchev–Trinajstić information content (AvgIpc) is 2.69. The lowest BCUT2D eigenvalue weighted by atomic mass is 10.1. The molecule has 6 nitrogen and oxygen atoms in total. The summed E-state index contributed by atoms with van der Waals surface area (Å²) in [7, 11) is -3.85. The van der Waals surface area contributed by atoms with Crippen LogP contribution in [0.3, 0.4) is 0 Å². The standard InChI is InChI=1S/C20H18ClN3O3S/c21-15-8-10-17(11-9-15)28(26,27)24-19-7-2-1-6-18(19)20(25)23-14-12-16-5-3-4-13-22-16/h1-11,13,24H,12,14H2,(H,23,25). The maximum atomic E-state index is 12.6. The Hall–Kier alpha value is -2.90. The minimum Gasteiger partial charge on any atom is -0.352 e. The van der Waals surface area contributed by atoms with E-state index in [0.29, 0.717) is 18.0 Å². The van der Waals surface area contributed by atoms with E-state index >= 15 is 0 Å². The fourth-order valence-electron chi connectivity index (χ4n) is 2.53. The van der Waals surface area contributed by atoms with Crippen LogP contribution in [0.2, 0.25) is 5.02 Å². The Labute approximate surface area is 168 Å². The number of carbonyl (C=O) groups excluding carboxylic acids is 1. The van der Waals surface area contributed by atoms with Crippen LogP contribution in [0.15, 0.2) is 77.8 Å². The molecule has 1 aromatic heterocycles. The third-order valence-electron chi connectivity index (χ3n) is 3.93. The molecule has 1 heterocycles.